The summed E-state index contributed by atoms with van der Waals surface area (Å²) in [7, 11) is 1.96. The molecule has 3 aromatic carbocycles. The summed E-state index contributed by atoms with van der Waals surface area (Å²) < 4.78 is 7.95. The molecule has 8 heteroatoms. The number of nitrogens with zero attached hydrogens (tertiary/aromatic N) is 4. The fraction of sp³-hybridized carbons (Fsp3) is 0.115. The predicted octanol–water partition coefficient (Wildman–Crippen LogP) is 4.86. The minimum atomic E-state index is -0.242. The van der Waals surface area contributed by atoms with Crippen LogP contribution in [0.2, 0.25) is 0 Å². The molecule has 0 fully saturated rings. The first-order valence-electron chi connectivity index (χ1n) is 11.1. The van der Waals surface area contributed by atoms with E-state index < -0.39 is 0 Å². The van der Waals surface area contributed by atoms with Crippen LogP contribution in [0.15, 0.2) is 90.3 Å². The second kappa shape index (κ2) is 8.40. The number of aromatic amines is 1. The molecular formula is C26H23N7O. The first-order chi connectivity index (χ1) is 16.7. The number of aryl methyl sites for hydroxylation is 1. The number of aromatic nitrogens is 4. The summed E-state index contributed by atoms with van der Waals surface area (Å²) in [5.41, 5.74) is 5.03. The third-order valence-corrected chi connectivity index (χ3v) is 5.91. The van der Waals surface area contributed by atoms with Crippen LogP contribution in [0.4, 0.5) is 11.4 Å². The minimum Gasteiger partial charge on any atom is -0.486 e. The van der Waals surface area contributed by atoms with Crippen molar-refractivity contribution in [3.05, 3.63) is 102 Å². The van der Waals surface area contributed by atoms with Gasteiger partial charge in [0.2, 0.25) is 0 Å². The number of anilines is 2. The van der Waals surface area contributed by atoms with E-state index in [-0.39, 0.29) is 6.17 Å². The quantitative estimate of drug-likeness (QED) is 0.344. The SMILES string of the molecule is Cn1ccnc1COc1cccc(C2=NC(Nc3ccc4[nH]ncc4c3)c3ccccc3N2)c1. The minimum absolute atomic E-state index is 0.242. The molecular weight excluding hydrogens is 426 g/mol. The molecule has 168 valence electrons. The third-order valence-electron chi connectivity index (χ3n) is 5.91. The van der Waals surface area contributed by atoms with Crippen molar-refractivity contribution < 1.29 is 4.74 Å². The number of amidine groups is 1. The van der Waals surface area contributed by atoms with E-state index in [2.05, 4.69) is 44.0 Å². The van der Waals surface area contributed by atoms with Gasteiger partial charge in [0.15, 0.2) is 0 Å². The molecule has 1 unspecified atom stereocenters. The molecule has 0 saturated carbocycles. The standard InChI is InChI=1S/C26H23N7O/c1-33-12-11-27-24(33)16-34-20-6-4-5-17(14-20)25-30-23-8-3-2-7-21(23)26(31-25)29-19-9-10-22-18(13-19)15-28-32-22/h2-15,26,29H,16H2,1H3,(H,28,32)(H,30,31). The summed E-state index contributed by atoms with van der Waals surface area (Å²) in [6, 6.07) is 22.3. The fourth-order valence-corrected chi connectivity index (χ4v) is 4.07. The van der Waals surface area contributed by atoms with Crippen molar-refractivity contribution in [3.63, 3.8) is 0 Å². The molecule has 0 amide bonds. The summed E-state index contributed by atoms with van der Waals surface area (Å²) in [5, 5.41) is 15.2. The lowest BCUT2D eigenvalue weighted by Gasteiger charge is -2.27. The lowest BCUT2D eigenvalue weighted by Crippen LogP contribution is -2.24. The Morgan fingerprint density at radius 1 is 1.06 bits per heavy atom. The van der Waals surface area contributed by atoms with Gasteiger partial charge >= 0.3 is 0 Å². The summed E-state index contributed by atoms with van der Waals surface area (Å²) in [6.45, 7) is 0.399. The number of para-hydroxylation sites is 1. The maximum atomic E-state index is 6.00. The van der Waals surface area contributed by atoms with E-state index in [4.69, 9.17) is 9.73 Å². The zero-order valence-electron chi connectivity index (χ0n) is 18.6. The van der Waals surface area contributed by atoms with E-state index in [1.54, 1.807) is 6.20 Å². The third kappa shape index (κ3) is 3.86. The van der Waals surface area contributed by atoms with Crippen molar-refractivity contribution in [3.8, 4) is 5.75 Å². The van der Waals surface area contributed by atoms with Gasteiger partial charge in [-0.2, -0.15) is 5.10 Å². The normalized spacial score (nSPS) is 14.9. The molecule has 6 rings (SSSR count). The molecule has 2 aromatic heterocycles. The average Bonchev–Trinajstić information content (AvgIpc) is 3.51. The van der Waals surface area contributed by atoms with E-state index in [0.717, 1.165) is 50.8 Å². The second-order valence-corrected chi connectivity index (χ2v) is 8.18. The van der Waals surface area contributed by atoms with Crippen LogP contribution in [-0.2, 0) is 13.7 Å². The van der Waals surface area contributed by atoms with Crippen molar-refractivity contribution >= 4 is 28.1 Å². The van der Waals surface area contributed by atoms with Gasteiger partial charge in [-0.15, -0.1) is 0 Å². The predicted molar refractivity (Wildman–Crippen MR) is 133 cm³/mol. The number of fused-ring (bicyclic) bond motifs is 2. The molecule has 0 spiro atoms. The smallest absolute Gasteiger partial charge is 0.149 e. The van der Waals surface area contributed by atoms with Gasteiger partial charge in [0.1, 0.15) is 30.2 Å². The van der Waals surface area contributed by atoms with Crippen LogP contribution in [0.3, 0.4) is 0 Å². The number of aliphatic imine (C=N–C) groups is 1. The molecule has 3 heterocycles. The number of imidazole rings is 1. The molecule has 5 aromatic rings. The number of nitrogens with one attached hydrogen (secondary N) is 3. The van der Waals surface area contributed by atoms with Crippen molar-refractivity contribution in [1.29, 1.82) is 0 Å². The monoisotopic (exact) mass is 449 g/mol. The summed E-state index contributed by atoms with van der Waals surface area (Å²) in [5.74, 6) is 2.41. The average molecular weight is 450 g/mol. The highest BCUT2D eigenvalue weighted by molar-refractivity contribution is 6.10. The molecule has 0 radical (unpaired) electrons. The summed E-state index contributed by atoms with van der Waals surface area (Å²) in [6.07, 6.45) is 5.26. The number of hydrogen-bond acceptors (Lipinski definition) is 6. The van der Waals surface area contributed by atoms with Crippen LogP contribution in [0.5, 0.6) is 5.75 Å². The molecule has 1 aliphatic heterocycles. The van der Waals surface area contributed by atoms with Crippen molar-refractivity contribution in [2.24, 2.45) is 12.0 Å². The topological polar surface area (TPSA) is 92.1 Å². The van der Waals surface area contributed by atoms with Gasteiger partial charge in [-0.25, -0.2) is 9.98 Å². The Morgan fingerprint density at radius 3 is 2.91 bits per heavy atom. The van der Waals surface area contributed by atoms with Crippen LogP contribution in [0, 0.1) is 0 Å². The number of benzene rings is 3. The van der Waals surface area contributed by atoms with Gasteiger partial charge in [0.25, 0.3) is 0 Å². The van der Waals surface area contributed by atoms with Crippen molar-refractivity contribution in [2.45, 2.75) is 12.8 Å². The van der Waals surface area contributed by atoms with Gasteiger partial charge in [-0.05, 0) is 36.4 Å². The summed E-state index contributed by atoms with van der Waals surface area (Å²) in [4.78, 5) is 9.34. The zero-order chi connectivity index (χ0) is 22.9. The Morgan fingerprint density at radius 2 is 2.00 bits per heavy atom. The van der Waals surface area contributed by atoms with E-state index >= 15 is 0 Å². The van der Waals surface area contributed by atoms with Crippen LogP contribution in [0.1, 0.15) is 23.1 Å². The second-order valence-electron chi connectivity index (χ2n) is 8.18. The van der Waals surface area contributed by atoms with Gasteiger partial charge in [0.05, 0.1) is 11.7 Å². The van der Waals surface area contributed by atoms with Gasteiger partial charge in [0, 0.05) is 47.3 Å². The molecule has 0 bridgehead atoms. The maximum Gasteiger partial charge on any atom is 0.149 e. The van der Waals surface area contributed by atoms with Crippen LogP contribution < -0.4 is 15.4 Å². The lowest BCUT2D eigenvalue weighted by atomic mass is 10.1. The Hall–Kier alpha value is -4.59. The van der Waals surface area contributed by atoms with Crippen molar-refractivity contribution in [2.75, 3.05) is 10.6 Å². The number of hydrogen-bond donors (Lipinski definition) is 3. The molecule has 0 saturated heterocycles. The lowest BCUT2D eigenvalue weighted by molar-refractivity contribution is 0.292. The molecule has 0 aliphatic carbocycles. The highest BCUT2D eigenvalue weighted by Gasteiger charge is 2.22. The molecule has 8 nitrogen and oxygen atoms in total. The van der Waals surface area contributed by atoms with E-state index in [1.165, 1.54) is 0 Å². The van der Waals surface area contributed by atoms with Gasteiger partial charge in [-0.3, -0.25) is 5.10 Å². The Bertz CT molecular complexity index is 1500. The molecule has 1 aliphatic rings. The molecule has 1 atom stereocenters. The number of rotatable bonds is 6. The zero-order valence-corrected chi connectivity index (χ0v) is 18.6. The van der Waals surface area contributed by atoms with Crippen molar-refractivity contribution in [1.82, 2.24) is 19.7 Å². The Labute approximate surface area is 196 Å². The fourth-order valence-electron chi connectivity index (χ4n) is 4.07. The number of ether oxygens (including phenoxy) is 1. The van der Waals surface area contributed by atoms with E-state index in [9.17, 15) is 0 Å². The first-order valence-corrected chi connectivity index (χ1v) is 11.1. The largest absolute Gasteiger partial charge is 0.486 e. The van der Waals surface area contributed by atoms with Gasteiger partial charge < -0.3 is 19.9 Å². The summed E-state index contributed by atoms with van der Waals surface area (Å²) >= 11 is 0. The van der Waals surface area contributed by atoms with Crippen LogP contribution in [-0.4, -0.2) is 25.6 Å². The molecule has 3 N–H and O–H groups in total. The first kappa shape index (κ1) is 20.0. The highest BCUT2D eigenvalue weighted by Crippen LogP contribution is 2.33. The Balaban J connectivity index is 1.29. The highest BCUT2D eigenvalue weighted by atomic mass is 16.5. The maximum absolute atomic E-state index is 6.00. The van der Waals surface area contributed by atoms with E-state index in [1.807, 2.05) is 72.5 Å². The van der Waals surface area contributed by atoms with Crippen LogP contribution in [0.25, 0.3) is 10.9 Å². The molecule has 34 heavy (non-hydrogen) atoms. The van der Waals surface area contributed by atoms with Crippen LogP contribution >= 0.6 is 0 Å². The van der Waals surface area contributed by atoms with E-state index in [0.29, 0.717) is 6.61 Å². The Kier molecular flexibility index (Phi) is 4.95. The van der Waals surface area contributed by atoms with Gasteiger partial charge in [-0.1, -0.05) is 30.3 Å². The number of H-pyrrole nitrogens is 1.